The van der Waals surface area contributed by atoms with Crippen molar-refractivity contribution in [2.24, 2.45) is 0 Å². The third kappa shape index (κ3) is 6.41. The number of rotatable bonds is 8. The summed E-state index contributed by atoms with van der Waals surface area (Å²) in [6.45, 7) is 2.92. The van der Waals surface area contributed by atoms with Crippen LogP contribution in [0.1, 0.15) is 5.56 Å². The first kappa shape index (κ1) is 25.6. The number of methoxy groups -OCH3 is 1. The first-order valence-electron chi connectivity index (χ1n) is 11.7. The smallest absolute Gasteiger partial charge is 0.414 e. The Hall–Kier alpha value is -3.44. The summed E-state index contributed by atoms with van der Waals surface area (Å²) in [5.41, 5.74) is 1.86. The molecule has 2 saturated heterocycles. The van der Waals surface area contributed by atoms with Crippen molar-refractivity contribution in [2.75, 3.05) is 62.8 Å². The molecule has 0 bridgehead atoms. The highest BCUT2D eigenvalue weighted by molar-refractivity contribution is 7.80. The Morgan fingerprint density at radius 3 is 2.61 bits per heavy atom. The maximum Gasteiger partial charge on any atom is 0.414 e. The van der Waals surface area contributed by atoms with Crippen LogP contribution in [-0.2, 0) is 25.6 Å². The van der Waals surface area contributed by atoms with E-state index in [1.165, 1.54) is 18.1 Å². The molecule has 0 aliphatic carbocycles. The van der Waals surface area contributed by atoms with Crippen molar-refractivity contribution in [2.45, 2.75) is 12.7 Å². The molecule has 0 spiro atoms. The molecule has 4 rings (SSSR count). The quantitative estimate of drug-likeness (QED) is 0.536. The van der Waals surface area contributed by atoms with Crippen molar-refractivity contribution >= 4 is 40.8 Å². The molecular formula is C25H29FN4O5S. The lowest BCUT2D eigenvalue weighted by atomic mass is 10.2. The van der Waals surface area contributed by atoms with Gasteiger partial charge in [0.2, 0.25) is 5.91 Å². The van der Waals surface area contributed by atoms with Crippen LogP contribution >= 0.6 is 12.2 Å². The summed E-state index contributed by atoms with van der Waals surface area (Å²) >= 11 is 4.92. The number of benzene rings is 2. The molecule has 2 aliphatic heterocycles. The second-order valence-electron chi connectivity index (χ2n) is 8.47. The van der Waals surface area contributed by atoms with Gasteiger partial charge < -0.3 is 29.3 Å². The largest absolute Gasteiger partial charge is 0.474 e. The van der Waals surface area contributed by atoms with Gasteiger partial charge in [-0.2, -0.15) is 0 Å². The zero-order chi connectivity index (χ0) is 25.5. The number of carbonyl (C=O) groups excluding carboxylic acids is 2. The summed E-state index contributed by atoms with van der Waals surface area (Å²) < 4.78 is 30.8. The summed E-state index contributed by atoms with van der Waals surface area (Å²) in [6, 6.07) is 14.4. The average Bonchev–Trinajstić information content (AvgIpc) is 3.28. The van der Waals surface area contributed by atoms with Crippen molar-refractivity contribution < 1.29 is 28.2 Å². The molecule has 192 valence electrons. The maximum atomic E-state index is 15.0. The van der Waals surface area contributed by atoms with Crippen LogP contribution < -0.4 is 15.1 Å². The lowest BCUT2D eigenvalue weighted by Crippen LogP contribution is -2.50. The van der Waals surface area contributed by atoms with Gasteiger partial charge in [-0.15, -0.1) is 0 Å². The number of hydrogen-bond donors (Lipinski definition) is 1. The zero-order valence-corrected chi connectivity index (χ0v) is 20.8. The van der Waals surface area contributed by atoms with Crippen molar-refractivity contribution in [1.29, 1.82) is 0 Å². The number of thiocarbonyl (C=S) groups is 1. The summed E-state index contributed by atoms with van der Waals surface area (Å²) in [4.78, 5) is 29.8. The van der Waals surface area contributed by atoms with Gasteiger partial charge in [-0.3, -0.25) is 9.69 Å². The van der Waals surface area contributed by atoms with E-state index in [-0.39, 0.29) is 24.2 Å². The Morgan fingerprint density at radius 1 is 1.17 bits per heavy atom. The molecule has 2 aromatic rings. The average molecular weight is 517 g/mol. The summed E-state index contributed by atoms with van der Waals surface area (Å²) in [6.07, 6.45) is -0.977. The molecular weight excluding hydrogens is 487 g/mol. The van der Waals surface area contributed by atoms with Crippen molar-refractivity contribution in [3.63, 3.8) is 0 Å². The van der Waals surface area contributed by atoms with Gasteiger partial charge >= 0.3 is 6.09 Å². The summed E-state index contributed by atoms with van der Waals surface area (Å²) in [5.74, 6) is -0.516. The number of amides is 2. The Kier molecular flexibility index (Phi) is 8.55. The van der Waals surface area contributed by atoms with Gasteiger partial charge in [-0.25, -0.2) is 9.18 Å². The Bertz CT molecular complexity index is 1080. The van der Waals surface area contributed by atoms with Gasteiger partial charge in [0, 0.05) is 26.2 Å². The Balaban J connectivity index is 1.26. The van der Waals surface area contributed by atoms with Gasteiger partial charge in [0.05, 0.1) is 38.2 Å². The summed E-state index contributed by atoms with van der Waals surface area (Å²) in [7, 11) is 1.45. The molecule has 1 N–H and O–H groups in total. The number of nitrogens with one attached hydrogen (secondary N) is 1. The van der Waals surface area contributed by atoms with Crippen LogP contribution in [0, 0.1) is 5.82 Å². The SMILES string of the molecule is COC(=S)NC[C@H]1CN(c2ccc(N3CCN(C(=O)COCc4ccccc4)CC3)c(F)c2)C(=O)O1. The predicted molar refractivity (Wildman–Crippen MR) is 137 cm³/mol. The molecule has 0 aromatic heterocycles. The first-order valence-corrected chi connectivity index (χ1v) is 12.1. The number of cyclic esters (lactones) is 1. The van der Waals surface area contributed by atoms with Gasteiger partial charge in [0.15, 0.2) is 0 Å². The van der Waals surface area contributed by atoms with Crippen LogP contribution in [0.2, 0.25) is 0 Å². The van der Waals surface area contributed by atoms with E-state index in [1.54, 1.807) is 17.0 Å². The predicted octanol–water partition coefficient (Wildman–Crippen LogP) is 2.54. The third-order valence-electron chi connectivity index (χ3n) is 6.09. The van der Waals surface area contributed by atoms with Gasteiger partial charge in [-0.05, 0) is 36.0 Å². The second kappa shape index (κ2) is 12.0. The standard InChI is InChI=1S/C25H29FN4O5S/c1-33-24(36)27-14-20-15-30(25(32)35-20)19-7-8-22(21(26)13-19)28-9-11-29(12-10-28)23(31)17-34-16-18-5-3-2-4-6-18/h2-8,13,20H,9-12,14-17H2,1H3,(H,27,36)/t20-/m0/s1. The lowest BCUT2D eigenvalue weighted by molar-refractivity contribution is -0.136. The fourth-order valence-electron chi connectivity index (χ4n) is 4.15. The van der Waals surface area contributed by atoms with E-state index >= 15 is 4.39 Å². The molecule has 9 nitrogen and oxygen atoms in total. The highest BCUT2D eigenvalue weighted by atomic mass is 32.1. The number of hydrogen-bond acceptors (Lipinski definition) is 7. The fraction of sp³-hybridized carbons (Fsp3) is 0.400. The Morgan fingerprint density at radius 2 is 1.92 bits per heavy atom. The number of carbonyl (C=O) groups is 2. The number of halogens is 1. The molecule has 2 aromatic carbocycles. The molecule has 2 fully saturated rings. The van der Waals surface area contributed by atoms with Crippen LogP contribution in [0.25, 0.3) is 0 Å². The van der Waals surface area contributed by atoms with E-state index in [4.69, 9.17) is 26.4 Å². The van der Waals surface area contributed by atoms with E-state index in [9.17, 15) is 9.59 Å². The lowest BCUT2D eigenvalue weighted by Gasteiger charge is -2.36. The van der Waals surface area contributed by atoms with Crippen LogP contribution in [-0.4, -0.2) is 81.2 Å². The molecule has 2 heterocycles. The number of nitrogens with zero attached hydrogens (tertiary/aromatic N) is 3. The van der Waals surface area contributed by atoms with Crippen molar-refractivity contribution in [3.8, 4) is 0 Å². The molecule has 2 aliphatic rings. The minimum atomic E-state index is -0.543. The molecule has 0 radical (unpaired) electrons. The van der Waals surface area contributed by atoms with Crippen LogP contribution in [0.15, 0.2) is 48.5 Å². The number of ether oxygens (including phenoxy) is 3. The number of anilines is 2. The topological polar surface area (TPSA) is 83.6 Å². The molecule has 2 amide bonds. The van der Waals surface area contributed by atoms with Crippen LogP contribution in [0.5, 0.6) is 0 Å². The normalized spacial score (nSPS) is 17.7. The van der Waals surface area contributed by atoms with Crippen LogP contribution in [0.4, 0.5) is 20.6 Å². The van der Waals surface area contributed by atoms with E-state index in [1.807, 2.05) is 35.2 Å². The summed E-state index contributed by atoms with van der Waals surface area (Å²) in [5, 5.41) is 3.06. The second-order valence-corrected chi connectivity index (χ2v) is 8.84. The maximum absolute atomic E-state index is 15.0. The molecule has 1 atom stereocenters. The van der Waals surface area contributed by atoms with E-state index < -0.39 is 18.0 Å². The fourth-order valence-corrected chi connectivity index (χ4v) is 4.23. The van der Waals surface area contributed by atoms with Crippen LogP contribution in [0.3, 0.4) is 0 Å². The minimum Gasteiger partial charge on any atom is -0.474 e. The number of piperazine rings is 1. The third-order valence-corrected chi connectivity index (χ3v) is 6.40. The highest BCUT2D eigenvalue weighted by Crippen LogP contribution is 2.28. The zero-order valence-electron chi connectivity index (χ0n) is 20.0. The van der Waals surface area contributed by atoms with Gasteiger partial charge in [0.1, 0.15) is 18.5 Å². The van der Waals surface area contributed by atoms with Gasteiger partial charge in [0.25, 0.3) is 5.17 Å². The molecule has 36 heavy (non-hydrogen) atoms. The van der Waals surface area contributed by atoms with Gasteiger partial charge in [-0.1, -0.05) is 30.3 Å². The van der Waals surface area contributed by atoms with Crippen molar-refractivity contribution in [3.05, 3.63) is 59.9 Å². The minimum absolute atomic E-state index is 0.0116. The van der Waals surface area contributed by atoms with E-state index in [2.05, 4.69) is 5.32 Å². The first-order chi connectivity index (χ1) is 17.4. The van der Waals surface area contributed by atoms with E-state index in [0.29, 0.717) is 50.7 Å². The highest BCUT2D eigenvalue weighted by Gasteiger charge is 2.33. The molecule has 11 heteroatoms. The Labute approximate surface area is 214 Å². The molecule has 0 saturated carbocycles. The monoisotopic (exact) mass is 516 g/mol. The molecule has 0 unspecified atom stereocenters. The van der Waals surface area contributed by atoms with Crippen molar-refractivity contribution in [1.82, 2.24) is 10.2 Å². The van der Waals surface area contributed by atoms with E-state index in [0.717, 1.165) is 5.56 Å².